The van der Waals surface area contributed by atoms with Crippen LogP contribution in [0.5, 0.6) is 5.75 Å². The van der Waals surface area contributed by atoms with E-state index >= 15 is 0 Å². The summed E-state index contributed by atoms with van der Waals surface area (Å²) in [5, 5.41) is 32.6. The van der Waals surface area contributed by atoms with Crippen LogP contribution in [-0.2, 0) is 25.6 Å². The van der Waals surface area contributed by atoms with E-state index in [0.29, 0.717) is 18.4 Å². The molecular weight excluding hydrogens is 528 g/mol. The van der Waals surface area contributed by atoms with Crippen LogP contribution in [0.25, 0.3) is 0 Å². The third kappa shape index (κ3) is 10.3. The Balaban J connectivity index is 3.18. The lowest BCUT2D eigenvalue weighted by Crippen LogP contribution is -2.60. The number of aliphatic hydroxyl groups excluding tert-OH is 1. The average molecular weight is 579 g/mol. The zero-order valence-corrected chi connectivity index (χ0v) is 25.5. The number of carboxylic acid groups (broad SMARTS) is 1. The van der Waals surface area contributed by atoms with E-state index in [1.54, 1.807) is 32.9 Å². The molecule has 232 valence electrons. The molecule has 0 spiro atoms. The number of carbonyl (C=O) groups is 4. The molecule has 0 saturated heterocycles. The number of carbonyl (C=O) groups excluding carboxylic acids is 3. The van der Waals surface area contributed by atoms with E-state index in [-0.39, 0.29) is 24.0 Å². The van der Waals surface area contributed by atoms with Gasteiger partial charge in [0.05, 0.1) is 0 Å². The van der Waals surface area contributed by atoms with Crippen molar-refractivity contribution in [3.8, 4) is 5.75 Å². The molecule has 0 heterocycles. The molecular formula is C30H50N4O7. The topological polar surface area (TPSA) is 173 Å². The number of aliphatic hydroxyl groups is 1. The third-order valence-corrected chi connectivity index (χ3v) is 7.71. The Morgan fingerprint density at radius 2 is 1.54 bits per heavy atom. The van der Waals surface area contributed by atoms with Gasteiger partial charge in [0.15, 0.2) is 0 Å². The molecule has 6 atom stereocenters. The maximum atomic E-state index is 13.8. The van der Waals surface area contributed by atoms with Gasteiger partial charge in [-0.05, 0) is 36.0 Å². The lowest BCUT2D eigenvalue weighted by molar-refractivity contribution is -0.155. The number of phenolic OH excluding ortho intramolecular Hbond substituents is 1. The molecule has 3 amide bonds. The molecule has 1 rings (SSSR count). The second-order valence-electron chi connectivity index (χ2n) is 11.3. The highest BCUT2D eigenvalue weighted by Gasteiger charge is 2.40. The summed E-state index contributed by atoms with van der Waals surface area (Å²) in [6.45, 7) is 9.20. The first-order valence-corrected chi connectivity index (χ1v) is 14.5. The number of nitrogens with two attached hydrogens (primary N) is 1. The zero-order chi connectivity index (χ0) is 31.4. The number of phenols is 1. The Morgan fingerprint density at radius 1 is 0.951 bits per heavy atom. The number of unbranched alkanes of at least 4 members (excludes halogenated alkanes) is 2. The summed E-state index contributed by atoms with van der Waals surface area (Å²) in [6.07, 6.45) is 2.19. The fourth-order valence-electron chi connectivity index (χ4n) is 4.71. The molecule has 0 bridgehead atoms. The van der Waals surface area contributed by atoms with Crippen LogP contribution in [0.1, 0.15) is 72.3 Å². The van der Waals surface area contributed by atoms with Crippen LogP contribution >= 0.6 is 0 Å². The van der Waals surface area contributed by atoms with E-state index < -0.39 is 54.0 Å². The minimum atomic E-state index is -1.49. The van der Waals surface area contributed by atoms with Crippen LogP contribution < -0.4 is 11.1 Å². The summed E-state index contributed by atoms with van der Waals surface area (Å²) in [4.78, 5) is 55.0. The number of carboxylic acids is 1. The minimum absolute atomic E-state index is 0.00379. The number of benzene rings is 1. The normalized spacial score (nSPS) is 15.8. The maximum Gasteiger partial charge on any atom is 0.326 e. The van der Waals surface area contributed by atoms with E-state index in [2.05, 4.69) is 5.32 Å². The van der Waals surface area contributed by atoms with Crippen molar-refractivity contribution >= 4 is 23.7 Å². The van der Waals surface area contributed by atoms with Gasteiger partial charge >= 0.3 is 5.97 Å². The molecule has 11 heteroatoms. The fraction of sp³-hybridized carbons (Fsp3) is 0.667. The molecule has 0 aromatic heterocycles. The molecule has 0 radical (unpaired) electrons. The first-order chi connectivity index (χ1) is 19.2. The molecule has 0 fully saturated rings. The average Bonchev–Trinajstić information content (AvgIpc) is 2.93. The number of nitrogens with one attached hydrogen (secondary N) is 1. The van der Waals surface area contributed by atoms with Crippen molar-refractivity contribution in [2.75, 3.05) is 14.1 Å². The highest BCUT2D eigenvalue weighted by molar-refractivity contribution is 5.94. The third-order valence-electron chi connectivity index (χ3n) is 7.71. The molecule has 0 saturated carbocycles. The summed E-state index contributed by atoms with van der Waals surface area (Å²) in [5.41, 5.74) is 6.64. The lowest BCUT2D eigenvalue weighted by atomic mass is 9.93. The molecule has 3 unspecified atom stereocenters. The van der Waals surface area contributed by atoms with Gasteiger partial charge in [0.25, 0.3) is 5.91 Å². The number of amides is 3. The van der Waals surface area contributed by atoms with E-state index in [1.807, 2.05) is 13.8 Å². The van der Waals surface area contributed by atoms with Crippen LogP contribution in [-0.4, -0.2) is 93.2 Å². The summed E-state index contributed by atoms with van der Waals surface area (Å²) in [5.74, 6) is -3.70. The SMILES string of the molecule is CCCCCC(N)[C@H](O)C(=O)N[C@H](C(=O)N(C)C(C(=O)N(C)[C@@H](Cc1ccc(O)cc1)C(=O)O)C(C)CC)C(C)C. The minimum Gasteiger partial charge on any atom is -0.508 e. The van der Waals surface area contributed by atoms with E-state index in [4.69, 9.17) is 5.73 Å². The molecule has 0 aliphatic rings. The van der Waals surface area contributed by atoms with Crippen molar-refractivity contribution in [1.29, 1.82) is 0 Å². The predicted molar refractivity (Wildman–Crippen MR) is 157 cm³/mol. The van der Waals surface area contributed by atoms with Crippen LogP contribution in [0, 0.1) is 11.8 Å². The lowest BCUT2D eigenvalue weighted by Gasteiger charge is -2.38. The molecule has 1 aromatic carbocycles. The van der Waals surface area contributed by atoms with Crippen LogP contribution in [0.15, 0.2) is 24.3 Å². The van der Waals surface area contributed by atoms with Gasteiger partial charge in [0, 0.05) is 26.6 Å². The number of nitrogens with zero attached hydrogens (tertiary/aromatic N) is 2. The highest BCUT2D eigenvalue weighted by atomic mass is 16.4. The molecule has 1 aromatic rings. The maximum absolute atomic E-state index is 13.8. The molecule has 11 nitrogen and oxygen atoms in total. The Bertz CT molecular complexity index is 1000. The Hall–Kier alpha value is -3.18. The van der Waals surface area contributed by atoms with Gasteiger partial charge in [-0.25, -0.2) is 4.79 Å². The molecule has 6 N–H and O–H groups in total. The summed E-state index contributed by atoms with van der Waals surface area (Å²) in [7, 11) is 2.86. The van der Waals surface area contributed by atoms with Gasteiger partial charge in [0.2, 0.25) is 11.8 Å². The molecule has 0 aliphatic carbocycles. The number of aromatic hydroxyl groups is 1. The van der Waals surface area contributed by atoms with Crippen molar-refractivity contribution in [1.82, 2.24) is 15.1 Å². The van der Waals surface area contributed by atoms with Gasteiger partial charge in [-0.3, -0.25) is 14.4 Å². The summed E-state index contributed by atoms with van der Waals surface area (Å²) < 4.78 is 0. The van der Waals surface area contributed by atoms with Gasteiger partial charge in [0.1, 0.15) is 30.0 Å². The van der Waals surface area contributed by atoms with Gasteiger partial charge < -0.3 is 36.2 Å². The molecule has 0 aliphatic heterocycles. The van der Waals surface area contributed by atoms with Crippen molar-refractivity contribution < 1.29 is 34.5 Å². The van der Waals surface area contributed by atoms with Crippen LogP contribution in [0.3, 0.4) is 0 Å². The van der Waals surface area contributed by atoms with Crippen molar-refractivity contribution in [2.45, 2.75) is 103 Å². The predicted octanol–water partition coefficient (Wildman–Crippen LogP) is 2.13. The first-order valence-electron chi connectivity index (χ1n) is 14.5. The largest absolute Gasteiger partial charge is 0.508 e. The summed E-state index contributed by atoms with van der Waals surface area (Å²) >= 11 is 0. The number of likely N-dealkylation sites (N-methyl/N-ethyl adjacent to an activating group) is 2. The van der Waals surface area contributed by atoms with Crippen molar-refractivity contribution in [3.05, 3.63) is 29.8 Å². The van der Waals surface area contributed by atoms with Crippen LogP contribution in [0.4, 0.5) is 0 Å². The Morgan fingerprint density at radius 3 is 2.02 bits per heavy atom. The summed E-state index contributed by atoms with van der Waals surface area (Å²) in [6, 6.07) is 2.04. The van der Waals surface area contributed by atoms with Crippen LogP contribution in [0.2, 0.25) is 0 Å². The standard InChI is InChI=1S/C30H50N4O7/c1-8-10-11-12-22(31)26(36)27(37)32-24(18(3)4)28(38)34(7)25(19(5)9-2)29(39)33(6)23(30(40)41)17-20-13-15-21(35)16-14-20/h13-16,18-19,22-26,35-36H,8-12,17,31H2,1-7H3,(H,32,37)(H,40,41)/t19?,22?,23-,24-,25?,26-/m0/s1. The second kappa shape index (κ2) is 16.9. The number of rotatable bonds is 17. The second-order valence-corrected chi connectivity index (χ2v) is 11.3. The van der Waals surface area contributed by atoms with Gasteiger partial charge in [-0.15, -0.1) is 0 Å². The first kappa shape index (κ1) is 35.8. The van der Waals surface area contributed by atoms with Gasteiger partial charge in [-0.2, -0.15) is 0 Å². The quantitative estimate of drug-likeness (QED) is 0.175. The monoisotopic (exact) mass is 578 g/mol. The smallest absolute Gasteiger partial charge is 0.326 e. The highest BCUT2D eigenvalue weighted by Crippen LogP contribution is 2.21. The number of hydrogen-bond donors (Lipinski definition) is 5. The number of hydrogen-bond acceptors (Lipinski definition) is 7. The van der Waals surface area contributed by atoms with E-state index in [0.717, 1.165) is 24.2 Å². The number of aliphatic carboxylic acids is 1. The van der Waals surface area contributed by atoms with Gasteiger partial charge in [-0.1, -0.05) is 72.4 Å². The fourth-order valence-corrected chi connectivity index (χ4v) is 4.71. The Labute approximate surface area is 244 Å². The van der Waals surface area contributed by atoms with Crippen molar-refractivity contribution in [2.24, 2.45) is 17.6 Å². The van der Waals surface area contributed by atoms with Crippen molar-refractivity contribution in [3.63, 3.8) is 0 Å². The van der Waals surface area contributed by atoms with E-state index in [9.17, 15) is 34.5 Å². The van der Waals surface area contributed by atoms with E-state index in [1.165, 1.54) is 31.1 Å². The molecule has 41 heavy (non-hydrogen) atoms. The zero-order valence-electron chi connectivity index (χ0n) is 25.5. The Kier molecular flexibility index (Phi) is 14.8.